The number of nitrogens with zero attached hydrogens (tertiary/aromatic N) is 4. The van der Waals surface area contributed by atoms with Crippen molar-refractivity contribution in [3.8, 4) is 17.1 Å². The molecule has 2 aromatic rings. The second kappa shape index (κ2) is 7.18. The summed E-state index contributed by atoms with van der Waals surface area (Å²) < 4.78 is 7.52. The molecule has 134 valence electrons. The SMILES string of the molecule is Cc1nc(-c2nnn(C)c2CO)ccc1OC1CCCC(C(=O)O)C1. The molecule has 2 aromatic heterocycles. The van der Waals surface area contributed by atoms with E-state index >= 15 is 0 Å². The first kappa shape index (κ1) is 17.3. The van der Waals surface area contributed by atoms with Crippen molar-refractivity contribution < 1.29 is 19.7 Å². The molecule has 0 spiro atoms. The lowest BCUT2D eigenvalue weighted by Crippen LogP contribution is -2.29. The van der Waals surface area contributed by atoms with Crippen LogP contribution in [0.25, 0.3) is 11.4 Å². The molecule has 0 radical (unpaired) electrons. The van der Waals surface area contributed by atoms with Gasteiger partial charge in [0.25, 0.3) is 0 Å². The Morgan fingerprint density at radius 1 is 1.40 bits per heavy atom. The van der Waals surface area contributed by atoms with Crippen molar-refractivity contribution >= 4 is 5.97 Å². The van der Waals surface area contributed by atoms with Crippen LogP contribution in [-0.4, -0.2) is 42.3 Å². The topological polar surface area (TPSA) is 110 Å². The number of carboxylic acids is 1. The van der Waals surface area contributed by atoms with Crippen molar-refractivity contribution in [1.29, 1.82) is 0 Å². The Labute approximate surface area is 145 Å². The van der Waals surface area contributed by atoms with Gasteiger partial charge in [0.1, 0.15) is 11.4 Å². The standard InChI is InChI=1S/C17H22N4O4/c1-10-15(25-12-5-3-4-11(8-12)17(23)24)7-6-13(18-10)16-14(9-22)21(2)20-19-16/h6-7,11-12,22H,3-5,8-9H2,1-2H3,(H,23,24). The van der Waals surface area contributed by atoms with E-state index in [0.29, 0.717) is 41.4 Å². The second-order valence-electron chi connectivity index (χ2n) is 6.39. The predicted molar refractivity (Wildman–Crippen MR) is 88.9 cm³/mol. The van der Waals surface area contributed by atoms with E-state index in [0.717, 1.165) is 12.8 Å². The zero-order chi connectivity index (χ0) is 18.0. The fourth-order valence-electron chi connectivity index (χ4n) is 3.21. The van der Waals surface area contributed by atoms with E-state index in [4.69, 9.17) is 4.74 Å². The van der Waals surface area contributed by atoms with Gasteiger partial charge in [0.2, 0.25) is 0 Å². The van der Waals surface area contributed by atoms with Crippen LogP contribution in [0.5, 0.6) is 5.75 Å². The van der Waals surface area contributed by atoms with Gasteiger partial charge in [0, 0.05) is 7.05 Å². The summed E-state index contributed by atoms with van der Waals surface area (Å²) in [5.41, 5.74) is 2.46. The molecule has 1 fully saturated rings. The summed E-state index contributed by atoms with van der Waals surface area (Å²) in [6, 6.07) is 3.60. The normalized spacial score (nSPS) is 20.4. The van der Waals surface area contributed by atoms with Gasteiger partial charge in [0.05, 0.1) is 35.7 Å². The van der Waals surface area contributed by atoms with Crippen LogP contribution in [0.4, 0.5) is 0 Å². The fraction of sp³-hybridized carbons (Fsp3) is 0.529. The summed E-state index contributed by atoms with van der Waals surface area (Å²) in [4.78, 5) is 15.7. The maximum absolute atomic E-state index is 11.2. The number of hydrogen-bond donors (Lipinski definition) is 2. The summed E-state index contributed by atoms with van der Waals surface area (Å²) in [5, 5.41) is 26.6. The third kappa shape index (κ3) is 3.63. The molecule has 0 saturated heterocycles. The molecule has 1 aliphatic carbocycles. The van der Waals surface area contributed by atoms with Crippen molar-refractivity contribution in [1.82, 2.24) is 20.0 Å². The van der Waals surface area contributed by atoms with E-state index in [1.807, 2.05) is 13.0 Å². The average Bonchev–Trinajstić information content (AvgIpc) is 2.97. The summed E-state index contributed by atoms with van der Waals surface area (Å²) >= 11 is 0. The summed E-state index contributed by atoms with van der Waals surface area (Å²) in [6.07, 6.45) is 2.83. The Hall–Kier alpha value is -2.48. The summed E-state index contributed by atoms with van der Waals surface area (Å²) in [7, 11) is 1.72. The highest BCUT2D eigenvalue weighted by molar-refractivity contribution is 5.70. The molecular weight excluding hydrogens is 324 g/mol. The van der Waals surface area contributed by atoms with Crippen LogP contribution in [0, 0.1) is 12.8 Å². The lowest BCUT2D eigenvalue weighted by molar-refractivity contribution is -0.143. The molecule has 1 saturated carbocycles. The molecule has 25 heavy (non-hydrogen) atoms. The minimum Gasteiger partial charge on any atom is -0.489 e. The van der Waals surface area contributed by atoms with Gasteiger partial charge < -0.3 is 14.9 Å². The predicted octanol–water partition coefficient (Wildman–Crippen LogP) is 1.70. The smallest absolute Gasteiger partial charge is 0.306 e. The van der Waals surface area contributed by atoms with Gasteiger partial charge in [0.15, 0.2) is 0 Å². The number of aliphatic hydroxyl groups is 1. The zero-order valence-corrected chi connectivity index (χ0v) is 14.3. The number of aryl methyl sites for hydroxylation is 2. The van der Waals surface area contributed by atoms with Gasteiger partial charge in [-0.15, -0.1) is 5.10 Å². The van der Waals surface area contributed by atoms with E-state index < -0.39 is 5.97 Å². The van der Waals surface area contributed by atoms with Crippen LogP contribution in [0.2, 0.25) is 0 Å². The van der Waals surface area contributed by atoms with Crippen molar-refractivity contribution in [2.45, 2.75) is 45.3 Å². The van der Waals surface area contributed by atoms with Gasteiger partial charge in [-0.05, 0) is 44.7 Å². The van der Waals surface area contributed by atoms with Crippen LogP contribution in [0.15, 0.2) is 12.1 Å². The highest BCUT2D eigenvalue weighted by Crippen LogP contribution is 2.30. The Balaban J connectivity index is 1.77. The van der Waals surface area contributed by atoms with Crippen LogP contribution < -0.4 is 4.74 Å². The molecule has 8 heteroatoms. The number of aromatic nitrogens is 4. The van der Waals surface area contributed by atoms with E-state index in [1.54, 1.807) is 13.1 Å². The molecule has 0 aliphatic heterocycles. The van der Waals surface area contributed by atoms with Crippen molar-refractivity contribution in [3.63, 3.8) is 0 Å². The number of ether oxygens (including phenoxy) is 1. The van der Waals surface area contributed by atoms with Gasteiger partial charge in [-0.1, -0.05) is 5.21 Å². The van der Waals surface area contributed by atoms with Gasteiger partial charge in [-0.3, -0.25) is 4.79 Å². The highest BCUT2D eigenvalue weighted by Gasteiger charge is 2.28. The Bertz CT molecular complexity index is 774. The molecular formula is C17H22N4O4. The first-order valence-electron chi connectivity index (χ1n) is 8.36. The molecule has 2 atom stereocenters. The Kier molecular flexibility index (Phi) is 4.98. The van der Waals surface area contributed by atoms with Gasteiger partial charge in [-0.2, -0.15) is 0 Å². The zero-order valence-electron chi connectivity index (χ0n) is 14.3. The van der Waals surface area contributed by atoms with Crippen LogP contribution in [-0.2, 0) is 18.4 Å². The lowest BCUT2D eigenvalue weighted by Gasteiger charge is -2.27. The number of carbonyl (C=O) groups is 1. The largest absolute Gasteiger partial charge is 0.489 e. The number of aliphatic hydroxyl groups excluding tert-OH is 1. The number of rotatable bonds is 5. The minimum absolute atomic E-state index is 0.106. The summed E-state index contributed by atoms with van der Waals surface area (Å²) in [6.45, 7) is 1.67. The lowest BCUT2D eigenvalue weighted by atomic mass is 9.87. The van der Waals surface area contributed by atoms with E-state index in [2.05, 4.69) is 15.3 Å². The van der Waals surface area contributed by atoms with Crippen molar-refractivity contribution in [2.24, 2.45) is 13.0 Å². The van der Waals surface area contributed by atoms with E-state index in [9.17, 15) is 15.0 Å². The Morgan fingerprint density at radius 2 is 2.20 bits per heavy atom. The van der Waals surface area contributed by atoms with Crippen LogP contribution >= 0.6 is 0 Å². The first-order chi connectivity index (χ1) is 12.0. The third-order valence-corrected chi connectivity index (χ3v) is 4.64. The molecule has 2 unspecified atom stereocenters. The fourth-order valence-corrected chi connectivity index (χ4v) is 3.21. The third-order valence-electron chi connectivity index (χ3n) is 4.64. The number of carboxylic acid groups (broad SMARTS) is 1. The van der Waals surface area contributed by atoms with Crippen molar-refractivity contribution in [2.75, 3.05) is 0 Å². The quantitative estimate of drug-likeness (QED) is 0.847. The molecule has 1 aliphatic rings. The second-order valence-corrected chi connectivity index (χ2v) is 6.39. The molecule has 8 nitrogen and oxygen atoms in total. The van der Waals surface area contributed by atoms with Crippen molar-refractivity contribution in [3.05, 3.63) is 23.5 Å². The van der Waals surface area contributed by atoms with E-state index in [-0.39, 0.29) is 18.6 Å². The molecule has 0 aromatic carbocycles. The average molecular weight is 346 g/mol. The van der Waals surface area contributed by atoms with Gasteiger partial charge >= 0.3 is 5.97 Å². The molecule has 2 heterocycles. The van der Waals surface area contributed by atoms with E-state index in [1.165, 1.54) is 4.68 Å². The molecule has 0 bridgehead atoms. The molecule has 3 rings (SSSR count). The minimum atomic E-state index is -0.752. The number of hydrogen-bond acceptors (Lipinski definition) is 6. The first-order valence-corrected chi connectivity index (χ1v) is 8.36. The highest BCUT2D eigenvalue weighted by atomic mass is 16.5. The maximum atomic E-state index is 11.2. The van der Waals surface area contributed by atoms with Gasteiger partial charge in [-0.25, -0.2) is 9.67 Å². The van der Waals surface area contributed by atoms with Crippen LogP contribution in [0.3, 0.4) is 0 Å². The Morgan fingerprint density at radius 3 is 2.88 bits per heavy atom. The van der Waals surface area contributed by atoms with Crippen LogP contribution in [0.1, 0.15) is 37.1 Å². The molecule has 0 amide bonds. The maximum Gasteiger partial charge on any atom is 0.306 e. The molecule has 2 N–H and O–H groups in total. The number of pyridine rings is 1. The summed E-state index contributed by atoms with van der Waals surface area (Å²) in [5.74, 6) is -0.440. The monoisotopic (exact) mass is 346 g/mol. The number of aliphatic carboxylic acids is 1.